The summed E-state index contributed by atoms with van der Waals surface area (Å²) < 4.78 is 28.9. The molecule has 1 heterocycles. The van der Waals surface area contributed by atoms with E-state index in [2.05, 4.69) is 15.4 Å². The van der Waals surface area contributed by atoms with Crippen molar-refractivity contribution in [1.29, 1.82) is 0 Å². The number of benzene rings is 2. The molecule has 0 saturated carbocycles. The van der Waals surface area contributed by atoms with Crippen LogP contribution in [0.15, 0.2) is 35.2 Å². The van der Waals surface area contributed by atoms with Gasteiger partial charge in [0.15, 0.2) is 0 Å². The van der Waals surface area contributed by atoms with Crippen molar-refractivity contribution in [1.82, 2.24) is 0 Å². The molecule has 0 saturated heterocycles. The van der Waals surface area contributed by atoms with Gasteiger partial charge < -0.3 is 15.7 Å². The van der Waals surface area contributed by atoms with E-state index < -0.39 is 10.0 Å². The predicted octanol–water partition coefficient (Wildman–Crippen LogP) is 2.78. The van der Waals surface area contributed by atoms with Gasteiger partial charge in [-0.25, -0.2) is 8.42 Å². The highest BCUT2D eigenvalue weighted by molar-refractivity contribution is 7.92. The molecule has 8 heteroatoms. The van der Waals surface area contributed by atoms with Gasteiger partial charge in [0.05, 0.1) is 12.3 Å². The van der Waals surface area contributed by atoms with E-state index in [1.165, 1.54) is 0 Å². The van der Waals surface area contributed by atoms with Crippen LogP contribution in [0.3, 0.4) is 0 Å². The Morgan fingerprint density at radius 3 is 2.57 bits per heavy atom. The molecule has 28 heavy (non-hydrogen) atoms. The minimum Gasteiger partial charge on any atom is -0.394 e. The van der Waals surface area contributed by atoms with Crippen molar-refractivity contribution in [2.75, 3.05) is 22.0 Å². The molecular weight excluding hydrogens is 378 g/mol. The van der Waals surface area contributed by atoms with Crippen LogP contribution in [0.5, 0.6) is 0 Å². The summed E-state index contributed by atoms with van der Waals surface area (Å²) in [6.07, 6.45) is 0.792. The monoisotopic (exact) mass is 403 g/mol. The van der Waals surface area contributed by atoms with Gasteiger partial charge in [-0.3, -0.25) is 9.52 Å². The van der Waals surface area contributed by atoms with E-state index in [4.69, 9.17) is 0 Å². The number of fused-ring (bicyclic) bond motifs is 1. The van der Waals surface area contributed by atoms with E-state index in [0.29, 0.717) is 29.9 Å². The van der Waals surface area contributed by atoms with Gasteiger partial charge in [0.25, 0.3) is 10.0 Å². The topological polar surface area (TPSA) is 108 Å². The van der Waals surface area contributed by atoms with Gasteiger partial charge in [-0.05, 0) is 68.1 Å². The van der Waals surface area contributed by atoms with Crippen LogP contribution in [-0.4, -0.2) is 32.1 Å². The summed E-state index contributed by atoms with van der Waals surface area (Å²) in [5.41, 5.74) is 4.23. The molecule has 0 aliphatic carbocycles. The zero-order valence-electron chi connectivity index (χ0n) is 16.2. The van der Waals surface area contributed by atoms with Crippen molar-refractivity contribution < 1.29 is 18.3 Å². The van der Waals surface area contributed by atoms with Crippen molar-refractivity contribution in [2.45, 2.75) is 44.6 Å². The Morgan fingerprint density at radius 1 is 1.14 bits per heavy atom. The lowest BCUT2D eigenvalue weighted by Crippen LogP contribution is -2.25. The van der Waals surface area contributed by atoms with Crippen LogP contribution in [0, 0.1) is 13.8 Å². The van der Waals surface area contributed by atoms with E-state index in [1.807, 2.05) is 19.9 Å². The van der Waals surface area contributed by atoms with E-state index >= 15 is 0 Å². The van der Waals surface area contributed by atoms with Crippen LogP contribution in [0.1, 0.15) is 30.0 Å². The Hall–Kier alpha value is -2.58. The number of carbonyl (C=O) groups excluding carboxylic acids is 1. The number of anilines is 3. The predicted molar refractivity (Wildman–Crippen MR) is 110 cm³/mol. The molecular formula is C20H25N3O4S. The molecule has 2 aromatic carbocycles. The number of carbonyl (C=O) groups is 1. The summed E-state index contributed by atoms with van der Waals surface area (Å²) in [6.45, 7) is 5.47. The second-order valence-electron chi connectivity index (χ2n) is 7.19. The molecule has 2 aromatic rings. The second-order valence-corrected chi connectivity index (χ2v) is 8.84. The first kappa shape index (κ1) is 20.2. The van der Waals surface area contributed by atoms with Gasteiger partial charge in [-0.1, -0.05) is 6.07 Å². The summed E-state index contributed by atoms with van der Waals surface area (Å²) in [5.74, 6) is -0.0995. The van der Waals surface area contributed by atoms with E-state index in [1.54, 1.807) is 31.2 Å². The first-order valence-electron chi connectivity index (χ1n) is 9.14. The lowest BCUT2D eigenvalue weighted by Gasteiger charge is -2.23. The maximum Gasteiger partial charge on any atom is 0.263 e. The van der Waals surface area contributed by atoms with Crippen molar-refractivity contribution in [3.05, 3.63) is 47.0 Å². The maximum atomic E-state index is 13.1. The van der Waals surface area contributed by atoms with Gasteiger partial charge in [-0.2, -0.15) is 0 Å². The van der Waals surface area contributed by atoms with E-state index in [9.17, 15) is 18.3 Å². The van der Waals surface area contributed by atoms with E-state index in [0.717, 1.165) is 16.7 Å². The molecule has 1 amide bonds. The van der Waals surface area contributed by atoms with Crippen LogP contribution in [0.2, 0.25) is 0 Å². The fourth-order valence-corrected chi connectivity index (χ4v) is 4.32. The Bertz CT molecular complexity index is 1020. The maximum absolute atomic E-state index is 13.1. The largest absolute Gasteiger partial charge is 0.394 e. The number of nitrogens with one attached hydrogen (secondary N) is 3. The lowest BCUT2D eigenvalue weighted by molar-refractivity contribution is -0.116. The average Bonchev–Trinajstić information content (AvgIpc) is 2.63. The quantitative estimate of drug-likeness (QED) is 0.593. The number of sulfonamides is 1. The third-order valence-corrected chi connectivity index (χ3v) is 6.25. The summed E-state index contributed by atoms with van der Waals surface area (Å²) in [4.78, 5) is 11.8. The first-order valence-corrected chi connectivity index (χ1v) is 10.6. The number of rotatable bonds is 6. The molecule has 0 aromatic heterocycles. The molecule has 0 fully saturated rings. The molecule has 1 aliphatic heterocycles. The standard InChI is InChI=1S/C20H25N3O4S/c1-12-4-6-16(8-13(12)2)23-28(26,27)19-9-15-5-7-20(25)22-17(15)10-18(19)21-14(3)11-24/h4,6,8-10,14,21,23-24H,5,7,11H2,1-3H3,(H,22,25)/t14-/m1/s1. The van der Waals surface area contributed by atoms with Crippen LogP contribution in [-0.2, 0) is 21.2 Å². The summed E-state index contributed by atoms with van der Waals surface area (Å²) in [7, 11) is -3.88. The molecule has 3 rings (SSSR count). The zero-order valence-corrected chi connectivity index (χ0v) is 17.0. The van der Waals surface area contributed by atoms with Gasteiger partial charge in [-0.15, -0.1) is 0 Å². The highest BCUT2D eigenvalue weighted by atomic mass is 32.2. The average molecular weight is 404 g/mol. The number of aliphatic hydroxyl groups excluding tert-OH is 1. The molecule has 1 aliphatic rings. The Kier molecular flexibility index (Phi) is 5.62. The van der Waals surface area contributed by atoms with Gasteiger partial charge in [0.2, 0.25) is 5.91 Å². The number of aryl methyl sites for hydroxylation is 3. The Morgan fingerprint density at radius 2 is 1.89 bits per heavy atom. The molecule has 0 radical (unpaired) electrons. The molecule has 1 atom stereocenters. The number of aliphatic hydroxyl groups is 1. The number of hydrogen-bond acceptors (Lipinski definition) is 5. The number of hydrogen-bond donors (Lipinski definition) is 4. The van der Waals surface area contributed by atoms with Crippen LogP contribution in [0.4, 0.5) is 17.1 Å². The molecule has 0 spiro atoms. The third-order valence-electron chi connectivity index (χ3n) is 4.83. The highest BCUT2D eigenvalue weighted by Crippen LogP contribution is 2.33. The molecule has 4 N–H and O–H groups in total. The minimum atomic E-state index is -3.88. The van der Waals surface area contributed by atoms with Crippen molar-refractivity contribution in [3.8, 4) is 0 Å². The van der Waals surface area contributed by atoms with Crippen molar-refractivity contribution in [2.24, 2.45) is 0 Å². The zero-order chi connectivity index (χ0) is 20.5. The summed E-state index contributed by atoms with van der Waals surface area (Å²) >= 11 is 0. The normalized spacial score (nSPS) is 14.8. The lowest BCUT2D eigenvalue weighted by atomic mass is 10.0. The molecule has 150 valence electrons. The Labute approximate surface area is 165 Å². The van der Waals surface area contributed by atoms with Crippen LogP contribution in [0.25, 0.3) is 0 Å². The van der Waals surface area contributed by atoms with E-state index in [-0.39, 0.29) is 23.5 Å². The summed E-state index contributed by atoms with van der Waals surface area (Å²) in [5, 5.41) is 15.2. The van der Waals surface area contributed by atoms with Gasteiger partial charge in [0.1, 0.15) is 4.90 Å². The highest BCUT2D eigenvalue weighted by Gasteiger charge is 2.25. The van der Waals surface area contributed by atoms with Crippen molar-refractivity contribution in [3.63, 3.8) is 0 Å². The number of amides is 1. The molecule has 0 bridgehead atoms. The third kappa shape index (κ3) is 4.28. The smallest absolute Gasteiger partial charge is 0.263 e. The SMILES string of the molecule is Cc1ccc(NS(=O)(=O)c2cc3c(cc2N[C@H](C)CO)NC(=O)CC3)cc1C. The molecule has 7 nitrogen and oxygen atoms in total. The minimum absolute atomic E-state index is 0.0842. The van der Waals surface area contributed by atoms with Gasteiger partial charge >= 0.3 is 0 Å². The molecule has 0 unspecified atom stereocenters. The fourth-order valence-electron chi connectivity index (χ4n) is 3.07. The Balaban J connectivity index is 2.04. The second kappa shape index (κ2) is 7.81. The first-order chi connectivity index (χ1) is 13.2. The fraction of sp³-hybridized carbons (Fsp3) is 0.350. The van der Waals surface area contributed by atoms with Gasteiger partial charge in [0, 0.05) is 23.8 Å². The van der Waals surface area contributed by atoms with Crippen LogP contribution >= 0.6 is 0 Å². The van der Waals surface area contributed by atoms with Crippen molar-refractivity contribution >= 4 is 33.0 Å². The summed E-state index contributed by atoms with van der Waals surface area (Å²) in [6, 6.07) is 8.23. The van der Waals surface area contributed by atoms with Crippen LogP contribution < -0.4 is 15.4 Å².